The molecule has 2 atom stereocenters. The molecule has 1 aromatic heterocycles. The van der Waals surface area contributed by atoms with Gasteiger partial charge in [-0.15, -0.1) is 0 Å². The molecule has 0 spiro atoms. The molecular weight excluding hydrogens is 278 g/mol. The van der Waals surface area contributed by atoms with Gasteiger partial charge in [0.15, 0.2) is 0 Å². The molecule has 0 unspecified atom stereocenters. The summed E-state index contributed by atoms with van der Waals surface area (Å²) in [6.07, 6.45) is 3.82. The predicted octanol–water partition coefficient (Wildman–Crippen LogP) is 1.14. The van der Waals surface area contributed by atoms with Crippen LogP contribution in [0, 0.1) is 11.3 Å². The summed E-state index contributed by atoms with van der Waals surface area (Å²) in [5, 5.41) is 7.97. The number of pyridine rings is 1. The third-order valence-electron chi connectivity index (χ3n) is 5.34. The largest absolute Gasteiger partial charge is 0.351 e. The Morgan fingerprint density at radius 3 is 2.86 bits per heavy atom. The van der Waals surface area contributed by atoms with E-state index >= 15 is 0 Å². The average Bonchev–Trinajstić information content (AvgIpc) is 2.82. The Morgan fingerprint density at radius 1 is 1.32 bits per heavy atom. The van der Waals surface area contributed by atoms with E-state index in [9.17, 15) is 9.59 Å². The zero-order valence-electron chi connectivity index (χ0n) is 12.3. The molecule has 2 heterocycles. The van der Waals surface area contributed by atoms with Gasteiger partial charge in [-0.3, -0.25) is 9.59 Å². The first-order valence-corrected chi connectivity index (χ1v) is 7.79. The molecule has 3 N–H and O–H groups in total. The van der Waals surface area contributed by atoms with Crippen molar-refractivity contribution in [3.05, 3.63) is 46.4 Å². The van der Waals surface area contributed by atoms with Crippen LogP contribution in [0.15, 0.2) is 35.3 Å². The van der Waals surface area contributed by atoms with Gasteiger partial charge < -0.3 is 15.6 Å². The van der Waals surface area contributed by atoms with Crippen LogP contribution in [0.5, 0.6) is 0 Å². The van der Waals surface area contributed by atoms with Crippen molar-refractivity contribution in [1.29, 1.82) is 0 Å². The normalized spacial score (nSPS) is 26.5. The van der Waals surface area contributed by atoms with Crippen molar-refractivity contribution in [1.82, 2.24) is 15.6 Å². The Hall–Kier alpha value is -2.14. The van der Waals surface area contributed by atoms with Gasteiger partial charge in [0.25, 0.3) is 5.56 Å². The predicted molar refractivity (Wildman–Crippen MR) is 84.4 cm³/mol. The van der Waals surface area contributed by atoms with Crippen LogP contribution in [0.1, 0.15) is 18.4 Å². The van der Waals surface area contributed by atoms with E-state index in [-0.39, 0.29) is 16.9 Å². The average molecular weight is 297 g/mol. The number of amides is 1. The Morgan fingerprint density at radius 2 is 2.14 bits per heavy atom. The fraction of sp³-hybridized carbons (Fsp3) is 0.412. The summed E-state index contributed by atoms with van der Waals surface area (Å²) < 4.78 is 0. The van der Waals surface area contributed by atoms with Crippen LogP contribution in [-0.4, -0.2) is 24.0 Å². The molecule has 2 fully saturated rings. The van der Waals surface area contributed by atoms with Crippen LogP contribution < -0.4 is 16.2 Å². The minimum atomic E-state index is -0.196. The highest BCUT2D eigenvalue weighted by molar-refractivity contribution is 5.87. The highest BCUT2D eigenvalue weighted by Crippen LogP contribution is 2.49. The van der Waals surface area contributed by atoms with Crippen LogP contribution in [0.4, 0.5) is 0 Å². The SMILES string of the molecule is O=C(NCc1c[nH]c(=O)c2ccccc12)[C@]12CC[C@H]1CNC2. The fourth-order valence-corrected chi connectivity index (χ4v) is 3.84. The molecule has 2 aromatic rings. The number of benzene rings is 1. The minimum absolute atomic E-state index is 0.0941. The van der Waals surface area contributed by atoms with Gasteiger partial charge in [-0.25, -0.2) is 0 Å². The first kappa shape index (κ1) is 13.5. The molecule has 1 aromatic carbocycles. The molecule has 5 nitrogen and oxygen atoms in total. The smallest absolute Gasteiger partial charge is 0.255 e. The lowest BCUT2D eigenvalue weighted by atomic mass is 9.61. The second kappa shape index (κ2) is 4.95. The van der Waals surface area contributed by atoms with Gasteiger partial charge in [-0.2, -0.15) is 0 Å². The lowest BCUT2D eigenvalue weighted by molar-refractivity contribution is -0.138. The number of hydrogen-bond donors (Lipinski definition) is 3. The van der Waals surface area contributed by atoms with E-state index in [0.717, 1.165) is 36.9 Å². The molecule has 2 aliphatic rings. The summed E-state index contributed by atoms with van der Waals surface area (Å²) >= 11 is 0. The third kappa shape index (κ3) is 1.89. The molecule has 1 saturated heterocycles. The maximum absolute atomic E-state index is 12.6. The van der Waals surface area contributed by atoms with Crippen molar-refractivity contribution in [2.45, 2.75) is 19.4 Å². The zero-order chi connectivity index (χ0) is 15.2. The monoisotopic (exact) mass is 297 g/mol. The number of H-pyrrole nitrogens is 1. The number of carbonyl (C=O) groups excluding carboxylic acids is 1. The van der Waals surface area contributed by atoms with E-state index in [0.29, 0.717) is 17.8 Å². The highest BCUT2D eigenvalue weighted by Gasteiger charge is 2.55. The Kier molecular flexibility index (Phi) is 3.04. The van der Waals surface area contributed by atoms with Gasteiger partial charge in [0.2, 0.25) is 5.91 Å². The minimum Gasteiger partial charge on any atom is -0.351 e. The Balaban J connectivity index is 1.56. The van der Waals surface area contributed by atoms with E-state index in [1.165, 1.54) is 0 Å². The first-order valence-electron chi connectivity index (χ1n) is 7.79. The molecule has 4 rings (SSSR count). The lowest BCUT2D eigenvalue weighted by Crippen LogP contribution is -2.51. The van der Waals surface area contributed by atoms with Gasteiger partial charge in [-0.05, 0) is 42.3 Å². The summed E-state index contributed by atoms with van der Waals surface area (Å²) in [5.74, 6) is 0.629. The molecule has 5 heteroatoms. The number of nitrogens with one attached hydrogen (secondary N) is 3. The molecule has 1 amide bonds. The Bertz CT molecular complexity index is 798. The summed E-state index contributed by atoms with van der Waals surface area (Å²) in [5.41, 5.74) is 0.656. The van der Waals surface area contributed by atoms with Gasteiger partial charge in [0.05, 0.1) is 5.41 Å². The van der Waals surface area contributed by atoms with Crippen LogP contribution in [0.2, 0.25) is 0 Å². The lowest BCUT2D eigenvalue weighted by Gasteiger charge is -2.42. The number of fused-ring (bicyclic) bond motifs is 2. The van der Waals surface area contributed by atoms with Crippen molar-refractivity contribution in [3.8, 4) is 0 Å². The van der Waals surface area contributed by atoms with Crippen molar-refractivity contribution in [2.24, 2.45) is 11.3 Å². The van der Waals surface area contributed by atoms with Gasteiger partial charge in [0.1, 0.15) is 0 Å². The molecule has 0 bridgehead atoms. The number of carbonyl (C=O) groups is 1. The van der Waals surface area contributed by atoms with E-state index < -0.39 is 0 Å². The highest BCUT2D eigenvalue weighted by atomic mass is 16.2. The van der Waals surface area contributed by atoms with Crippen molar-refractivity contribution < 1.29 is 4.79 Å². The summed E-state index contributed by atoms with van der Waals surface area (Å²) in [4.78, 5) is 27.2. The molecule has 22 heavy (non-hydrogen) atoms. The molecular formula is C17H19N3O2. The second-order valence-corrected chi connectivity index (χ2v) is 6.39. The van der Waals surface area contributed by atoms with Crippen LogP contribution in [-0.2, 0) is 11.3 Å². The van der Waals surface area contributed by atoms with Gasteiger partial charge >= 0.3 is 0 Å². The Labute approximate surface area is 128 Å². The summed E-state index contributed by atoms with van der Waals surface area (Å²) in [6, 6.07) is 7.49. The molecule has 1 saturated carbocycles. The van der Waals surface area contributed by atoms with Gasteiger partial charge in [0, 0.05) is 24.7 Å². The fourth-order valence-electron chi connectivity index (χ4n) is 3.84. The number of aromatic amines is 1. The van der Waals surface area contributed by atoms with Crippen molar-refractivity contribution in [3.63, 3.8) is 0 Å². The van der Waals surface area contributed by atoms with Crippen LogP contribution in [0.25, 0.3) is 10.8 Å². The number of aromatic nitrogens is 1. The van der Waals surface area contributed by atoms with Gasteiger partial charge in [-0.1, -0.05) is 18.2 Å². The van der Waals surface area contributed by atoms with E-state index in [1.54, 1.807) is 12.3 Å². The summed E-state index contributed by atoms with van der Waals surface area (Å²) in [7, 11) is 0. The molecule has 0 radical (unpaired) electrons. The zero-order valence-corrected chi connectivity index (χ0v) is 12.3. The van der Waals surface area contributed by atoms with Crippen LogP contribution >= 0.6 is 0 Å². The van der Waals surface area contributed by atoms with E-state index in [1.807, 2.05) is 18.2 Å². The quantitative estimate of drug-likeness (QED) is 0.795. The topological polar surface area (TPSA) is 74.0 Å². The van der Waals surface area contributed by atoms with Crippen molar-refractivity contribution in [2.75, 3.05) is 13.1 Å². The van der Waals surface area contributed by atoms with E-state index in [2.05, 4.69) is 15.6 Å². The molecule has 1 aliphatic carbocycles. The maximum Gasteiger partial charge on any atom is 0.255 e. The molecule has 1 aliphatic heterocycles. The van der Waals surface area contributed by atoms with Crippen molar-refractivity contribution >= 4 is 16.7 Å². The number of hydrogen-bond acceptors (Lipinski definition) is 3. The van der Waals surface area contributed by atoms with Crippen LogP contribution in [0.3, 0.4) is 0 Å². The number of rotatable bonds is 3. The molecule has 114 valence electrons. The van der Waals surface area contributed by atoms with E-state index in [4.69, 9.17) is 0 Å². The second-order valence-electron chi connectivity index (χ2n) is 6.39. The first-order chi connectivity index (χ1) is 10.7. The summed E-state index contributed by atoms with van der Waals surface area (Å²) in [6.45, 7) is 2.19. The third-order valence-corrected chi connectivity index (χ3v) is 5.34. The standard InChI is InChI=1S/C17H19N3O2/c21-15-14-4-2-1-3-13(14)11(7-19-15)8-20-16(22)17-6-5-12(17)9-18-10-17/h1-4,7,12,18H,5-6,8-10H2,(H,19,21)(H,20,22)/t12-,17-/m0/s1. The maximum atomic E-state index is 12.6.